The van der Waals surface area contributed by atoms with Crippen LogP contribution < -0.4 is 5.32 Å². The Bertz CT molecular complexity index is 452. The fourth-order valence-electron chi connectivity index (χ4n) is 1.85. The van der Waals surface area contributed by atoms with E-state index in [0.29, 0.717) is 6.04 Å². The van der Waals surface area contributed by atoms with Gasteiger partial charge in [0.05, 0.1) is 4.34 Å². The lowest BCUT2D eigenvalue weighted by Gasteiger charge is -2.16. The molecule has 1 atom stereocenters. The van der Waals surface area contributed by atoms with Crippen LogP contribution in [0.4, 0.5) is 0 Å². The fraction of sp³-hybridized carbons (Fsp3) is 0.286. The van der Waals surface area contributed by atoms with Gasteiger partial charge >= 0.3 is 0 Å². The summed E-state index contributed by atoms with van der Waals surface area (Å²) in [7, 11) is 0. The molecule has 0 radical (unpaired) electrons. The van der Waals surface area contributed by atoms with Crippen LogP contribution >= 0.6 is 22.9 Å². The van der Waals surface area contributed by atoms with Crippen LogP contribution in [0.25, 0.3) is 0 Å². The maximum Gasteiger partial charge on any atom is 0.0931 e. The zero-order valence-electron chi connectivity index (χ0n) is 9.82. The van der Waals surface area contributed by atoms with Crippen LogP contribution in [0.15, 0.2) is 42.5 Å². The summed E-state index contributed by atoms with van der Waals surface area (Å²) in [5.41, 5.74) is 1.35. The van der Waals surface area contributed by atoms with E-state index in [9.17, 15) is 0 Å². The van der Waals surface area contributed by atoms with E-state index in [0.717, 1.165) is 17.3 Å². The van der Waals surface area contributed by atoms with Crippen molar-refractivity contribution in [3.05, 3.63) is 57.2 Å². The first-order valence-corrected chi connectivity index (χ1v) is 7.01. The molecule has 2 aromatic rings. The normalized spacial score (nSPS) is 12.6. The van der Waals surface area contributed by atoms with E-state index in [4.69, 9.17) is 11.6 Å². The Morgan fingerprint density at radius 1 is 1.18 bits per heavy atom. The lowest BCUT2D eigenvalue weighted by molar-refractivity contribution is 0.522. The van der Waals surface area contributed by atoms with Crippen molar-refractivity contribution in [3.8, 4) is 0 Å². The molecule has 1 unspecified atom stereocenters. The molecular weight excluding hydrogens is 250 g/mol. The zero-order chi connectivity index (χ0) is 12.1. The third-order valence-electron chi connectivity index (χ3n) is 2.76. The molecule has 0 aliphatic carbocycles. The van der Waals surface area contributed by atoms with Gasteiger partial charge in [-0.15, -0.1) is 11.3 Å². The zero-order valence-corrected chi connectivity index (χ0v) is 11.4. The summed E-state index contributed by atoms with van der Waals surface area (Å²) < 4.78 is 0.856. The van der Waals surface area contributed by atoms with Gasteiger partial charge in [0.1, 0.15) is 0 Å². The Morgan fingerprint density at radius 2 is 1.94 bits per heavy atom. The smallest absolute Gasteiger partial charge is 0.0931 e. The van der Waals surface area contributed by atoms with Crippen molar-refractivity contribution in [2.24, 2.45) is 0 Å². The average Bonchev–Trinajstić information content (AvgIpc) is 2.77. The number of halogens is 1. The number of rotatable bonds is 5. The summed E-state index contributed by atoms with van der Waals surface area (Å²) in [4.78, 5) is 1.28. The SMILES string of the molecule is CCC(NCc1ccc(Cl)s1)c1ccccc1. The standard InChI is InChI=1S/C14H16ClNS/c1-2-13(11-6-4-3-5-7-11)16-10-12-8-9-14(15)17-12/h3-9,13,16H,2,10H2,1H3. The summed E-state index contributed by atoms with van der Waals surface area (Å²) in [6, 6.07) is 15.0. The van der Waals surface area contributed by atoms with E-state index < -0.39 is 0 Å². The molecule has 1 heterocycles. The average molecular weight is 266 g/mol. The van der Waals surface area contributed by atoms with Crippen molar-refractivity contribution in [2.45, 2.75) is 25.9 Å². The van der Waals surface area contributed by atoms with Crippen LogP contribution in [-0.2, 0) is 6.54 Å². The molecule has 0 aliphatic heterocycles. The molecule has 0 saturated heterocycles. The van der Waals surface area contributed by atoms with Gasteiger partial charge in [0.15, 0.2) is 0 Å². The second-order valence-electron chi connectivity index (χ2n) is 3.96. The van der Waals surface area contributed by atoms with Crippen LogP contribution in [0, 0.1) is 0 Å². The van der Waals surface area contributed by atoms with E-state index in [-0.39, 0.29) is 0 Å². The van der Waals surface area contributed by atoms with E-state index in [2.05, 4.69) is 48.6 Å². The molecule has 17 heavy (non-hydrogen) atoms. The van der Waals surface area contributed by atoms with Crippen LogP contribution in [0.2, 0.25) is 4.34 Å². The Balaban J connectivity index is 1.97. The van der Waals surface area contributed by atoms with Crippen LogP contribution in [-0.4, -0.2) is 0 Å². The summed E-state index contributed by atoms with van der Waals surface area (Å²) in [6.07, 6.45) is 1.09. The van der Waals surface area contributed by atoms with Gasteiger partial charge in [-0.2, -0.15) is 0 Å². The fourth-order valence-corrected chi connectivity index (χ4v) is 2.89. The van der Waals surface area contributed by atoms with Crippen LogP contribution in [0.3, 0.4) is 0 Å². The number of thiophene rings is 1. The van der Waals surface area contributed by atoms with Crippen molar-refractivity contribution >= 4 is 22.9 Å². The van der Waals surface area contributed by atoms with Gasteiger partial charge in [-0.05, 0) is 24.1 Å². The molecule has 2 rings (SSSR count). The Hall–Kier alpha value is -0.830. The first kappa shape index (κ1) is 12.6. The van der Waals surface area contributed by atoms with Gasteiger partial charge in [0, 0.05) is 17.5 Å². The summed E-state index contributed by atoms with van der Waals surface area (Å²) in [5.74, 6) is 0. The first-order valence-electron chi connectivity index (χ1n) is 5.82. The molecule has 90 valence electrons. The molecule has 0 aliphatic rings. The molecule has 0 amide bonds. The minimum absolute atomic E-state index is 0.414. The van der Waals surface area contributed by atoms with Crippen molar-refractivity contribution in [3.63, 3.8) is 0 Å². The molecule has 0 fully saturated rings. The third kappa shape index (κ3) is 3.56. The predicted octanol–water partition coefficient (Wildman–Crippen LogP) is 4.64. The lowest BCUT2D eigenvalue weighted by Crippen LogP contribution is -2.19. The number of nitrogens with one attached hydrogen (secondary N) is 1. The topological polar surface area (TPSA) is 12.0 Å². The number of benzene rings is 1. The van der Waals surface area contributed by atoms with Crippen molar-refractivity contribution in [2.75, 3.05) is 0 Å². The Morgan fingerprint density at radius 3 is 2.53 bits per heavy atom. The highest BCUT2D eigenvalue weighted by molar-refractivity contribution is 7.16. The van der Waals surface area contributed by atoms with E-state index in [1.807, 2.05) is 6.07 Å². The Kier molecular flexibility index (Phi) is 4.60. The molecule has 1 aromatic carbocycles. The summed E-state index contributed by atoms with van der Waals surface area (Å²) >= 11 is 7.56. The van der Waals surface area contributed by atoms with Crippen molar-refractivity contribution < 1.29 is 0 Å². The molecular formula is C14H16ClNS. The summed E-state index contributed by atoms with van der Waals surface area (Å²) in [6.45, 7) is 3.08. The van der Waals surface area contributed by atoms with Crippen LogP contribution in [0.1, 0.15) is 29.8 Å². The minimum atomic E-state index is 0.414. The second-order valence-corrected chi connectivity index (χ2v) is 5.76. The molecule has 1 aromatic heterocycles. The molecule has 3 heteroatoms. The maximum atomic E-state index is 5.92. The van der Waals surface area contributed by atoms with Crippen molar-refractivity contribution in [1.82, 2.24) is 5.32 Å². The Labute approximate surface area is 111 Å². The molecule has 1 nitrogen and oxygen atoms in total. The van der Waals surface area contributed by atoms with Gasteiger partial charge in [0.25, 0.3) is 0 Å². The highest BCUT2D eigenvalue weighted by Crippen LogP contribution is 2.23. The van der Waals surface area contributed by atoms with Gasteiger partial charge in [-0.3, -0.25) is 0 Å². The van der Waals surface area contributed by atoms with Gasteiger partial charge in [-0.25, -0.2) is 0 Å². The summed E-state index contributed by atoms with van der Waals surface area (Å²) in [5, 5.41) is 3.57. The molecule has 0 saturated carbocycles. The van der Waals surface area contributed by atoms with Gasteiger partial charge in [-0.1, -0.05) is 48.9 Å². The predicted molar refractivity (Wildman–Crippen MR) is 75.6 cm³/mol. The van der Waals surface area contributed by atoms with Crippen LogP contribution in [0.5, 0.6) is 0 Å². The number of hydrogen-bond donors (Lipinski definition) is 1. The quantitative estimate of drug-likeness (QED) is 0.830. The molecule has 0 spiro atoms. The monoisotopic (exact) mass is 265 g/mol. The van der Waals surface area contributed by atoms with E-state index in [1.54, 1.807) is 11.3 Å². The van der Waals surface area contributed by atoms with E-state index in [1.165, 1.54) is 10.4 Å². The largest absolute Gasteiger partial charge is 0.305 e. The maximum absolute atomic E-state index is 5.92. The second kappa shape index (κ2) is 6.20. The highest BCUT2D eigenvalue weighted by Gasteiger charge is 2.08. The van der Waals surface area contributed by atoms with E-state index >= 15 is 0 Å². The van der Waals surface area contributed by atoms with Gasteiger partial charge in [0.2, 0.25) is 0 Å². The van der Waals surface area contributed by atoms with Gasteiger partial charge < -0.3 is 5.32 Å². The lowest BCUT2D eigenvalue weighted by atomic mass is 10.0. The van der Waals surface area contributed by atoms with Crippen molar-refractivity contribution in [1.29, 1.82) is 0 Å². The molecule has 0 bridgehead atoms. The number of hydrogen-bond acceptors (Lipinski definition) is 2. The third-order valence-corrected chi connectivity index (χ3v) is 3.99. The molecule has 1 N–H and O–H groups in total. The highest BCUT2D eigenvalue weighted by atomic mass is 35.5. The first-order chi connectivity index (χ1) is 8.29. The minimum Gasteiger partial charge on any atom is -0.305 e.